The maximum absolute atomic E-state index is 11.0. The van der Waals surface area contributed by atoms with Gasteiger partial charge in [-0.15, -0.1) is 0 Å². The van der Waals surface area contributed by atoms with Crippen LogP contribution in [0.2, 0.25) is 0 Å². The number of carbonyl (C=O) groups excluding carboxylic acids is 2. The summed E-state index contributed by atoms with van der Waals surface area (Å²) in [6.45, 7) is 2.49. The fourth-order valence-electron chi connectivity index (χ4n) is 1.53. The lowest BCUT2D eigenvalue weighted by molar-refractivity contribution is -0.142. The van der Waals surface area contributed by atoms with E-state index in [2.05, 4.69) is 0 Å². The highest BCUT2D eigenvalue weighted by Gasteiger charge is 2.47. The van der Waals surface area contributed by atoms with Gasteiger partial charge in [-0.25, -0.2) is 0 Å². The lowest BCUT2D eigenvalue weighted by Gasteiger charge is -2.38. The predicted molar refractivity (Wildman–Crippen MR) is 51.7 cm³/mol. The highest BCUT2D eigenvalue weighted by Crippen LogP contribution is 2.39. The lowest BCUT2D eigenvalue weighted by atomic mass is 9.64. The van der Waals surface area contributed by atoms with Crippen LogP contribution in [0.25, 0.3) is 0 Å². The Morgan fingerprint density at radius 3 is 1.93 bits per heavy atom. The Hall–Kier alpha value is -0.740. The highest BCUT2D eigenvalue weighted by molar-refractivity contribution is 5.73. The van der Waals surface area contributed by atoms with E-state index in [9.17, 15) is 14.7 Å². The average molecular weight is 202 g/mol. The zero-order chi connectivity index (χ0) is 11.2. The second-order valence-electron chi connectivity index (χ2n) is 3.88. The molecular weight excluding hydrogens is 184 g/mol. The van der Waals surface area contributed by atoms with Gasteiger partial charge in [0.05, 0.1) is 24.0 Å². The molecule has 0 spiro atoms. The molecule has 0 heterocycles. The van der Waals surface area contributed by atoms with E-state index in [0.29, 0.717) is 25.4 Å². The Labute approximate surface area is 83.9 Å². The molecule has 82 valence electrons. The van der Waals surface area contributed by atoms with Crippen molar-refractivity contribution in [3.8, 4) is 0 Å². The smallest absolute Gasteiger partial charge is 0.129 e. The van der Waals surface area contributed by atoms with E-state index in [1.54, 1.807) is 0 Å². The molecule has 4 nitrogen and oxygen atoms in total. The van der Waals surface area contributed by atoms with Crippen molar-refractivity contribution in [2.24, 2.45) is 10.8 Å². The van der Waals surface area contributed by atoms with Gasteiger partial charge >= 0.3 is 0 Å². The molecular formula is C10H18O4. The Bertz CT molecular complexity index is 204. The first-order valence-electron chi connectivity index (χ1n) is 4.70. The van der Waals surface area contributed by atoms with Crippen LogP contribution in [0, 0.1) is 10.8 Å². The first kappa shape index (κ1) is 13.3. The summed E-state index contributed by atoms with van der Waals surface area (Å²) in [7, 11) is 0. The van der Waals surface area contributed by atoms with E-state index in [4.69, 9.17) is 5.11 Å². The summed E-state index contributed by atoms with van der Waals surface area (Å²) < 4.78 is 0. The molecule has 0 rings (SSSR count). The molecule has 0 aliphatic heterocycles. The molecule has 2 N–H and O–H groups in total. The van der Waals surface area contributed by atoms with Crippen LogP contribution in [0.3, 0.4) is 0 Å². The zero-order valence-corrected chi connectivity index (χ0v) is 8.69. The largest absolute Gasteiger partial charge is 0.395 e. The first-order valence-corrected chi connectivity index (χ1v) is 4.70. The Kier molecular flexibility index (Phi) is 4.94. The zero-order valence-electron chi connectivity index (χ0n) is 8.69. The third-order valence-electron chi connectivity index (χ3n) is 2.93. The van der Waals surface area contributed by atoms with Crippen LogP contribution in [-0.4, -0.2) is 36.0 Å². The molecule has 0 bridgehead atoms. The molecule has 0 aromatic heterocycles. The minimum absolute atomic E-state index is 0.392. The Morgan fingerprint density at radius 2 is 1.71 bits per heavy atom. The maximum atomic E-state index is 11.0. The van der Waals surface area contributed by atoms with E-state index in [-0.39, 0.29) is 0 Å². The number of hydrogen-bond acceptors (Lipinski definition) is 4. The summed E-state index contributed by atoms with van der Waals surface area (Å²) in [5.41, 5.74) is -2.35. The lowest BCUT2D eigenvalue weighted by Crippen LogP contribution is -2.48. The summed E-state index contributed by atoms with van der Waals surface area (Å²) >= 11 is 0. The number of hydrogen-bond donors (Lipinski definition) is 2. The SMILES string of the molecule is CCC[C@@](C=O)(CO)[C@](C)(C=O)CO. The summed E-state index contributed by atoms with van der Waals surface area (Å²) in [5.74, 6) is 0. The van der Waals surface area contributed by atoms with Crippen LogP contribution in [0.5, 0.6) is 0 Å². The topological polar surface area (TPSA) is 74.6 Å². The van der Waals surface area contributed by atoms with Crippen molar-refractivity contribution < 1.29 is 19.8 Å². The van der Waals surface area contributed by atoms with Gasteiger partial charge < -0.3 is 19.8 Å². The number of aliphatic hydroxyl groups is 2. The standard InChI is InChI=1S/C10H18O4/c1-3-4-10(7-13,8-14)9(2,5-11)6-12/h5,7,12,14H,3-4,6,8H2,1-2H3/t9-,10-/m1/s1. The van der Waals surface area contributed by atoms with Crippen LogP contribution in [0.1, 0.15) is 26.7 Å². The normalized spacial score (nSPS) is 19.4. The van der Waals surface area contributed by atoms with E-state index >= 15 is 0 Å². The molecule has 0 aliphatic rings. The van der Waals surface area contributed by atoms with Gasteiger partial charge in [0.2, 0.25) is 0 Å². The van der Waals surface area contributed by atoms with Crippen molar-refractivity contribution in [3.05, 3.63) is 0 Å². The van der Waals surface area contributed by atoms with Gasteiger partial charge in [-0.2, -0.15) is 0 Å². The van der Waals surface area contributed by atoms with Crippen molar-refractivity contribution in [2.75, 3.05) is 13.2 Å². The van der Waals surface area contributed by atoms with Crippen molar-refractivity contribution in [2.45, 2.75) is 26.7 Å². The molecule has 0 fully saturated rings. The first-order chi connectivity index (χ1) is 6.55. The van der Waals surface area contributed by atoms with E-state index < -0.39 is 24.0 Å². The molecule has 0 saturated heterocycles. The molecule has 14 heavy (non-hydrogen) atoms. The molecule has 2 atom stereocenters. The van der Waals surface area contributed by atoms with Crippen molar-refractivity contribution >= 4 is 12.6 Å². The van der Waals surface area contributed by atoms with Crippen molar-refractivity contribution in [1.29, 1.82) is 0 Å². The molecule has 4 heteroatoms. The number of aldehydes is 2. The summed E-state index contributed by atoms with van der Waals surface area (Å²) in [6.07, 6.45) is 2.19. The Morgan fingerprint density at radius 1 is 1.14 bits per heavy atom. The third-order valence-corrected chi connectivity index (χ3v) is 2.93. The highest BCUT2D eigenvalue weighted by atomic mass is 16.3. The summed E-state index contributed by atoms with van der Waals surface area (Å²) in [5, 5.41) is 18.3. The second-order valence-corrected chi connectivity index (χ2v) is 3.88. The second kappa shape index (κ2) is 5.22. The van der Waals surface area contributed by atoms with Crippen LogP contribution in [-0.2, 0) is 9.59 Å². The van der Waals surface area contributed by atoms with Gasteiger partial charge in [-0.3, -0.25) is 0 Å². The third kappa shape index (κ3) is 2.01. The Balaban J connectivity index is 5.12. The minimum atomic E-state index is -1.19. The minimum Gasteiger partial charge on any atom is -0.395 e. The molecule has 0 radical (unpaired) electrons. The molecule has 0 unspecified atom stereocenters. The van der Waals surface area contributed by atoms with E-state index in [1.165, 1.54) is 6.92 Å². The van der Waals surface area contributed by atoms with Crippen LogP contribution in [0.15, 0.2) is 0 Å². The maximum Gasteiger partial charge on any atom is 0.129 e. The van der Waals surface area contributed by atoms with Gasteiger partial charge in [0, 0.05) is 0 Å². The monoisotopic (exact) mass is 202 g/mol. The molecule has 0 amide bonds. The molecule has 0 aromatic carbocycles. The number of aliphatic hydroxyl groups excluding tert-OH is 2. The van der Waals surface area contributed by atoms with Gasteiger partial charge in [-0.05, 0) is 13.3 Å². The fraction of sp³-hybridized carbons (Fsp3) is 0.800. The van der Waals surface area contributed by atoms with Gasteiger partial charge in [0.1, 0.15) is 12.6 Å². The number of carbonyl (C=O) groups is 2. The van der Waals surface area contributed by atoms with E-state index in [0.717, 1.165) is 0 Å². The average Bonchev–Trinajstić information content (AvgIpc) is 2.24. The van der Waals surface area contributed by atoms with Crippen LogP contribution < -0.4 is 0 Å². The predicted octanol–water partition coefficient (Wildman–Crippen LogP) is 0.162. The van der Waals surface area contributed by atoms with Crippen molar-refractivity contribution in [1.82, 2.24) is 0 Å². The molecule has 0 aliphatic carbocycles. The van der Waals surface area contributed by atoms with Gasteiger partial charge in [-0.1, -0.05) is 13.3 Å². The van der Waals surface area contributed by atoms with Crippen LogP contribution in [0.4, 0.5) is 0 Å². The van der Waals surface area contributed by atoms with E-state index in [1.807, 2.05) is 6.92 Å². The fourth-order valence-corrected chi connectivity index (χ4v) is 1.53. The number of rotatable bonds is 7. The van der Waals surface area contributed by atoms with Crippen LogP contribution >= 0.6 is 0 Å². The summed E-state index contributed by atoms with van der Waals surface area (Å²) in [4.78, 5) is 21.8. The van der Waals surface area contributed by atoms with Gasteiger partial charge in [0.25, 0.3) is 0 Å². The van der Waals surface area contributed by atoms with Crippen molar-refractivity contribution in [3.63, 3.8) is 0 Å². The summed E-state index contributed by atoms with van der Waals surface area (Å²) in [6, 6.07) is 0. The molecule has 0 saturated carbocycles. The quantitative estimate of drug-likeness (QED) is 0.577. The van der Waals surface area contributed by atoms with Gasteiger partial charge in [0.15, 0.2) is 0 Å². The molecule has 0 aromatic rings.